The van der Waals surface area contributed by atoms with Crippen molar-refractivity contribution in [2.45, 2.75) is 11.8 Å². The maximum absolute atomic E-state index is 12.1. The Morgan fingerprint density at radius 2 is 2.21 bits per heavy atom. The topological polar surface area (TPSA) is 110 Å². The van der Waals surface area contributed by atoms with E-state index in [0.717, 1.165) is 17.4 Å². The summed E-state index contributed by atoms with van der Waals surface area (Å²) in [7, 11) is -3.93. The predicted octanol–water partition coefficient (Wildman–Crippen LogP) is 2.31. The molecule has 0 saturated carbocycles. The van der Waals surface area contributed by atoms with Gasteiger partial charge in [0.05, 0.1) is 9.48 Å². The van der Waals surface area contributed by atoms with Gasteiger partial charge in [-0.3, -0.25) is 0 Å². The number of carboxylic acids is 1. The van der Waals surface area contributed by atoms with Gasteiger partial charge in [-0.05, 0) is 28.9 Å². The van der Waals surface area contributed by atoms with Crippen molar-refractivity contribution in [1.82, 2.24) is 5.16 Å². The normalized spacial score (nSPS) is 11.5. The van der Waals surface area contributed by atoms with Gasteiger partial charge in [-0.1, -0.05) is 5.16 Å². The third kappa shape index (κ3) is 2.96. The highest BCUT2D eigenvalue weighted by Gasteiger charge is 2.24. The molecule has 0 bridgehead atoms. The molecule has 0 aliphatic rings. The molecular formula is C9H7BrN2O5S2. The minimum absolute atomic E-state index is 0.0347. The molecule has 0 aliphatic carbocycles. The number of anilines is 1. The van der Waals surface area contributed by atoms with Crippen molar-refractivity contribution in [2.24, 2.45) is 0 Å². The van der Waals surface area contributed by atoms with Crippen LogP contribution in [0.25, 0.3) is 0 Å². The number of sulfonamides is 1. The number of nitrogens with one attached hydrogen (secondary N) is 1. The van der Waals surface area contributed by atoms with Crippen LogP contribution in [-0.2, 0) is 10.0 Å². The zero-order valence-corrected chi connectivity index (χ0v) is 12.6. The van der Waals surface area contributed by atoms with E-state index >= 15 is 0 Å². The van der Waals surface area contributed by atoms with Gasteiger partial charge in [0.15, 0.2) is 0 Å². The molecule has 0 atom stereocenters. The first kappa shape index (κ1) is 14.0. The van der Waals surface area contributed by atoms with Crippen molar-refractivity contribution >= 4 is 49.1 Å². The molecule has 102 valence electrons. The Kier molecular flexibility index (Phi) is 3.65. The van der Waals surface area contributed by atoms with Gasteiger partial charge in [0.2, 0.25) is 5.88 Å². The molecule has 0 saturated heterocycles. The molecular weight excluding hydrogens is 360 g/mol. The van der Waals surface area contributed by atoms with Crippen LogP contribution in [0.4, 0.5) is 5.88 Å². The summed E-state index contributed by atoms with van der Waals surface area (Å²) in [5, 5.41) is 12.4. The Hall–Kier alpha value is -1.39. The molecule has 19 heavy (non-hydrogen) atoms. The largest absolute Gasteiger partial charge is 0.477 e. The number of thiophene rings is 1. The number of rotatable bonds is 4. The Bertz CT molecular complexity index is 734. The zero-order chi connectivity index (χ0) is 14.2. The van der Waals surface area contributed by atoms with Gasteiger partial charge in [0.1, 0.15) is 9.77 Å². The van der Waals surface area contributed by atoms with Crippen LogP contribution in [0.3, 0.4) is 0 Å². The first-order valence-electron chi connectivity index (χ1n) is 4.78. The third-order valence-electron chi connectivity index (χ3n) is 2.02. The van der Waals surface area contributed by atoms with Crippen molar-refractivity contribution in [3.63, 3.8) is 0 Å². The molecule has 0 aliphatic heterocycles. The highest BCUT2D eigenvalue weighted by Crippen LogP contribution is 2.32. The molecule has 2 heterocycles. The van der Waals surface area contributed by atoms with E-state index < -0.39 is 16.0 Å². The number of aromatic carboxylic acids is 1. The minimum Gasteiger partial charge on any atom is -0.477 e. The number of carboxylic acid groups (broad SMARTS) is 1. The van der Waals surface area contributed by atoms with Gasteiger partial charge in [-0.2, -0.15) is 0 Å². The first-order chi connectivity index (χ1) is 8.79. The second kappa shape index (κ2) is 4.94. The first-order valence-corrected chi connectivity index (χ1v) is 7.87. The average Bonchev–Trinajstić information content (AvgIpc) is 2.85. The van der Waals surface area contributed by atoms with Gasteiger partial charge < -0.3 is 9.63 Å². The zero-order valence-electron chi connectivity index (χ0n) is 9.38. The van der Waals surface area contributed by atoms with Gasteiger partial charge >= 0.3 is 5.97 Å². The maximum atomic E-state index is 12.1. The van der Waals surface area contributed by atoms with Crippen molar-refractivity contribution in [3.05, 3.63) is 26.5 Å². The van der Waals surface area contributed by atoms with E-state index in [1.54, 1.807) is 6.92 Å². The SMILES string of the molecule is Cc1cc(NS(=O)(=O)c2cc(C(=O)O)sc2Br)on1. The van der Waals surface area contributed by atoms with E-state index in [2.05, 4.69) is 25.8 Å². The summed E-state index contributed by atoms with van der Waals surface area (Å²) in [5.74, 6) is -1.23. The lowest BCUT2D eigenvalue weighted by molar-refractivity contribution is 0.0702. The van der Waals surface area contributed by atoms with E-state index in [1.165, 1.54) is 6.07 Å². The molecule has 2 N–H and O–H groups in total. The third-order valence-corrected chi connectivity index (χ3v) is 5.61. The molecule has 0 fully saturated rings. The second-order valence-electron chi connectivity index (χ2n) is 3.49. The van der Waals surface area contributed by atoms with Crippen molar-refractivity contribution in [2.75, 3.05) is 4.72 Å². The molecule has 2 rings (SSSR count). The lowest BCUT2D eigenvalue weighted by Crippen LogP contribution is -2.12. The number of hydrogen-bond donors (Lipinski definition) is 2. The van der Waals surface area contributed by atoms with E-state index in [9.17, 15) is 13.2 Å². The van der Waals surface area contributed by atoms with E-state index in [-0.39, 0.29) is 19.4 Å². The summed E-state index contributed by atoms with van der Waals surface area (Å²) in [6.45, 7) is 1.64. The molecule has 0 unspecified atom stereocenters. The molecule has 7 nitrogen and oxygen atoms in total. The minimum atomic E-state index is -3.93. The van der Waals surface area contributed by atoms with Crippen LogP contribution in [-0.4, -0.2) is 24.7 Å². The Morgan fingerprint density at radius 3 is 2.68 bits per heavy atom. The van der Waals surface area contributed by atoms with E-state index in [4.69, 9.17) is 9.63 Å². The molecule has 0 spiro atoms. The molecule has 0 amide bonds. The molecule has 0 radical (unpaired) electrons. The van der Waals surface area contributed by atoms with Crippen LogP contribution < -0.4 is 4.72 Å². The van der Waals surface area contributed by atoms with Crippen LogP contribution in [0.15, 0.2) is 25.3 Å². The highest BCUT2D eigenvalue weighted by atomic mass is 79.9. The lowest BCUT2D eigenvalue weighted by atomic mass is 10.5. The Morgan fingerprint density at radius 1 is 1.53 bits per heavy atom. The number of aryl methyl sites for hydroxylation is 1. The number of carbonyl (C=O) groups is 1. The van der Waals surface area contributed by atoms with Crippen molar-refractivity contribution in [1.29, 1.82) is 0 Å². The summed E-state index contributed by atoms with van der Waals surface area (Å²) in [6.07, 6.45) is 0. The number of aromatic nitrogens is 1. The van der Waals surface area contributed by atoms with Crippen LogP contribution in [0.5, 0.6) is 0 Å². The lowest BCUT2D eigenvalue weighted by Gasteiger charge is -2.02. The van der Waals surface area contributed by atoms with Gasteiger partial charge in [-0.15, -0.1) is 11.3 Å². The van der Waals surface area contributed by atoms with Crippen molar-refractivity contribution in [3.8, 4) is 0 Å². The summed E-state index contributed by atoms with van der Waals surface area (Å²) < 4.78 is 31.2. The predicted molar refractivity (Wildman–Crippen MR) is 71.0 cm³/mol. The van der Waals surface area contributed by atoms with Crippen LogP contribution in [0.1, 0.15) is 15.4 Å². The fraction of sp³-hybridized carbons (Fsp3) is 0.111. The summed E-state index contributed by atoms with van der Waals surface area (Å²) in [6, 6.07) is 2.48. The highest BCUT2D eigenvalue weighted by molar-refractivity contribution is 9.11. The Labute approximate surface area is 120 Å². The van der Waals surface area contributed by atoms with Crippen LogP contribution >= 0.6 is 27.3 Å². The summed E-state index contributed by atoms with van der Waals surface area (Å²) in [5.41, 5.74) is 0.522. The van der Waals surface area contributed by atoms with Gasteiger partial charge in [-0.25, -0.2) is 17.9 Å². The van der Waals surface area contributed by atoms with E-state index in [0.29, 0.717) is 5.69 Å². The second-order valence-corrected chi connectivity index (χ2v) is 7.51. The average molecular weight is 367 g/mol. The van der Waals surface area contributed by atoms with Crippen LogP contribution in [0, 0.1) is 6.92 Å². The molecule has 0 aromatic carbocycles. The quantitative estimate of drug-likeness (QED) is 0.858. The summed E-state index contributed by atoms with van der Waals surface area (Å²) in [4.78, 5) is 10.6. The fourth-order valence-electron chi connectivity index (χ4n) is 1.24. The molecule has 2 aromatic rings. The number of nitrogens with zero attached hydrogens (tertiary/aromatic N) is 1. The molecule has 10 heteroatoms. The summed E-state index contributed by atoms with van der Waals surface area (Å²) >= 11 is 3.85. The van der Waals surface area contributed by atoms with Crippen LogP contribution in [0.2, 0.25) is 0 Å². The fourth-order valence-corrected chi connectivity index (χ4v) is 4.62. The number of halogens is 1. The standard InChI is InChI=1S/C9H7BrN2O5S2/c1-4-2-7(17-11-4)12-19(15,16)6-3-5(9(13)14)18-8(6)10/h2-3,12H,1H3,(H,13,14). The number of hydrogen-bond acceptors (Lipinski definition) is 6. The smallest absolute Gasteiger partial charge is 0.345 e. The van der Waals surface area contributed by atoms with Gasteiger partial charge in [0, 0.05) is 6.07 Å². The molecule has 2 aromatic heterocycles. The maximum Gasteiger partial charge on any atom is 0.345 e. The Balaban J connectivity index is 2.37. The van der Waals surface area contributed by atoms with Crippen molar-refractivity contribution < 1.29 is 22.8 Å². The monoisotopic (exact) mass is 366 g/mol. The van der Waals surface area contributed by atoms with E-state index in [1.807, 2.05) is 0 Å². The van der Waals surface area contributed by atoms with Gasteiger partial charge in [0.25, 0.3) is 10.0 Å².